The Labute approximate surface area is 90.1 Å². The zero-order valence-electron chi connectivity index (χ0n) is 8.81. The first-order valence-electron chi connectivity index (χ1n) is 5.53. The fourth-order valence-corrected chi connectivity index (χ4v) is 2.46. The Balaban J connectivity index is 2.05. The molecule has 0 aromatic heterocycles. The molecule has 1 heteroatoms. The molecule has 76 valence electrons. The van der Waals surface area contributed by atoms with Gasteiger partial charge in [-0.3, -0.25) is 0 Å². The van der Waals surface area contributed by atoms with Crippen molar-refractivity contribution in [2.24, 2.45) is 0 Å². The van der Waals surface area contributed by atoms with E-state index < -0.39 is 0 Å². The largest absolute Gasteiger partial charge is 0.485 e. The van der Waals surface area contributed by atoms with Gasteiger partial charge in [0, 0.05) is 11.5 Å². The molecule has 2 atom stereocenters. The van der Waals surface area contributed by atoms with Crippen LogP contribution in [0.25, 0.3) is 0 Å². The topological polar surface area (TPSA) is 9.23 Å². The third-order valence-corrected chi connectivity index (χ3v) is 3.26. The molecule has 1 heterocycles. The molecule has 1 nitrogen and oxygen atoms in total. The summed E-state index contributed by atoms with van der Waals surface area (Å²) in [4.78, 5) is 0. The summed E-state index contributed by atoms with van der Waals surface area (Å²) in [5.74, 6) is 1.49. The van der Waals surface area contributed by atoms with Crippen molar-refractivity contribution in [3.8, 4) is 5.75 Å². The van der Waals surface area contributed by atoms with Gasteiger partial charge in [-0.05, 0) is 18.1 Å². The SMILES string of the molecule is CCC1=CC=CC2c3ccccc3OC12. The highest BCUT2D eigenvalue weighted by atomic mass is 16.5. The van der Waals surface area contributed by atoms with E-state index in [-0.39, 0.29) is 6.10 Å². The van der Waals surface area contributed by atoms with Gasteiger partial charge in [-0.25, -0.2) is 0 Å². The second-order valence-corrected chi connectivity index (χ2v) is 4.08. The lowest BCUT2D eigenvalue weighted by Crippen LogP contribution is -2.21. The Hall–Kier alpha value is -1.50. The molecular weight excluding hydrogens is 184 g/mol. The van der Waals surface area contributed by atoms with Gasteiger partial charge in [-0.15, -0.1) is 0 Å². The standard InChI is InChI=1S/C14H14O/c1-2-10-6-5-8-12-11-7-3-4-9-13(11)15-14(10)12/h3-9,12,14H,2H2,1H3. The third-order valence-electron chi connectivity index (χ3n) is 3.26. The van der Waals surface area contributed by atoms with E-state index in [1.807, 2.05) is 6.07 Å². The first kappa shape index (κ1) is 8.78. The summed E-state index contributed by atoms with van der Waals surface area (Å²) in [7, 11) is 0. The maximum atomic E-state index is 5.99. The van der Waals surface area contributed by atoms with Gasteiger partial charge in [0.2, 0.25) is 0 Å². The zero-order valence-corrected chi connectivity index (χ0v) is 8.81. The van der Waals surface area contributed by atoms with Gasteiger partial charge in [0.05, 0.1) is 0 Å². The van der Waals surface area contributed by atoms with E-state index in [1.54, 1.807) is 0 Å². The summed E-state index contributed by atoms with van der Waals surface area (Å²) >= 11 is 0. The number of allylic oxidation sites excluding steroid dienone is 2. The molecule has 1 aliphatic carbocycles. The lowest BCUT2D eigenvalue weighted by Gasteiger charge is -2.21. The monoisotopic (exact) mass is 198 g/mol. The highest BCUT2D eigenvalue weighted by molar-refractivity contribution is 5.48. The van der Waals surface area contributed by atoms with E-state index in [4.69, 9.17) is 4.74 Å². The first-order chi connectivity index (χ1) is 7.40. The summed E-state index contributed by atoms with van der Waals surface area (Å²) in [6.45, 7) is 2.19. The molecule has 2 aliphatic rings. The second-order valence-electron chi connectivity index (χ2n) is 4.08. The predicted molar refractivity (Wildman–Crippen MR) is 61.1 cm³/mol. The molecule has 0 saturated carbocycles. The zero-order chi connectivity index (χ0) is 10.3. The third kappa shape index (κ3) is 1.23. The van der Waals surface area contributed by atoms with Gasteiger partial charge in [0.25, 0.3) is 0 Å². The summed E-state index contributed by atoms with van der Waals surface area (Å²) in [5, 5.41) is 0. The maximum absolute atomic E-state index is 5.99. The van der Waals surface area contributed by atoms with Crippen LogP contribution in [0.2, 0.25) is 0 Å². The minimum atomic E-state index is 0.248. The van der Waals surface area contributed by atoms with Crippen LogP contribution in [0.4, 0.5) is 0 Å². The number of ether oxygens (including phenoxy) is 1. The summed E-state index contributed by atoms with van der Waals surface area (Å²) < 4.78 is 5.99. The molecule has 3 rings (SSSR count). The van der Waals surface area contributed by atoms with Crippen LogP contribution in [-0.4, -0.2) is 6.10 Å². The fourth-order valence-electron chi connectivity index (χ4n) is 2.46. The molecule has 0 N–H and O–H groups in total. The minimum absolute atomic E-state index is 0.248. The predicted octanol–water partition coefficient (Wildman–Crippen LogP) is 3.44. The number of hydrogen-bond acceptors (Lipinski definition) is 1. The van der Waals surface area contributed by atoms with Crippen LogP contribution in [0.1, 0.15) is 24.8 Å². The number of benzene rings is 1. The van der Waals surface area contributed by atoms with Crippen molar-refractivity contribution in [1.82, 2.24) is 0 Å². The molecule has 0 amide bonds. The molecule has 0 fully saturated rings. The highest BCUT2D eigenvalue weighted by Crippen LogP contribution is 2.43. The van der Waals surface area contributed by atoms with E-state index in [2.05, 4.69) is 43.4 Å². The van der Waals surface area contributed by atoms with E-state index in [0.717, 1.165) is 12.2 Å². The van der Waals surface area contributed by atoms with E-state index in [9.17, 15) is 0 Å². The van der Waals surface area contributed by atoms with Crippen molar-refractivity contribution < 1.29 is 4.74 Å². The van der Waals surface area contributed by atoms with Gasteiger partial charge in [0.1, 0.15) is 11.9 Å². The Kier molecular flexibility index (Phi) is 1.91. The van der Waals surface area contributed by atoms with Crippen molar-refractivity contribution in [1.29, 1.82) is 0 Å². The molecule has 2 unspecified atom stereocenters. The van der Waals surface area contributed by atoms with Crippen molar-refractivity contribution >= 4 is 0 Å². The first-order valence-corrected chi connectivity index (χ1v) is 5.53. The molecule has 0 saturated heterocycles. The summed E-state index contributed by atoms with van der Waals surface area (Å²) in [6, 6.07) is 8.36. The van der Waals surface area contributed by atoms with Gasteiger partial charge >= 0.3 is 0 Å². The smallest absolute Gasteiger partial charge is 0.130 e. The Bertz CT molecular complexity index is 442. The number of rotatable bonds is 1. The van der Waals surface area contributed by atoms with Crippen LogP contribution in [-0.2, 0) is 0 Å². The molecule has 1 aromatic rings. The van der Waals surface area contributed by atoms with E-state index >= 15 is 0 Å². The van der Waals surface area contributed by atoms with E-state index in [0.29, 0.717) is 5.92 Å². The van der Waals surface area contributed by atoms with Crippen LogP contribution in [0.5, 0.6) is 5.75 Å². The molecule has 0 spiro atoms. The van der Waals surface area contributed by atoms with Crippen LogP contribution < -0.4 is 4.74 Å². The molecule has 0 bridgehead atoms. The van der Waals surface area contributed by atoms with Crippen molar-refractivity contribution in [3.05, 3.63) is 53.6 Å². The molecule has 0 radical (unpaired) electrons. The summed E-state index contributed by atoms with van der Waals surface area (Å²) in [6.07, 6.45) is 7.91. The highest BCUT2D eigenvalue weighted by Gasteiger charge is 2.35. The van der Waals surface area contributed by atoms with Crippen LogP contribution in [0, 0.1) is 0 Å². The molecule has 15 heavy (non-hydrogen) atoms. The Morgan fingerprint density at radius 1 is 1.27 bits per heavy atom. The van der Waals surface area contributed by atoms with Crippen LogP contribution >= 0.6 is 0 Å². The average molecular weight is 198 g/mol. The Morgan fingerprint density at radius 2 is 2.13 bits per heavy atom. The normalized spacial score (nSPS) is 26.6. The van der Waals surface area contributed by atoms with Gasteiger partial charge in [-0.2, -0.15) is 0 Å². The van der Waals surface area contributed by atoms with Gasteiger partial charge in [0.15, 0.2) is 0 Å². The van der Waals surface area contributed by atoms with E-state index in [1.165, 1.54) is 11.1 Å². The van der Waals surface area contributed by atoms with Gasteiger partial charge < -0.3 is 4.74 Å². The molecule has 1 aromatic carbocycles. The quantitative estimate of drug-likeness (QED) is 0.671. The van der Waals surface area contributed by atoms with Crippen LogP contribution in [0.15, 0.2) is 48.1 Å². The average Bonchev–Trinajstić information content (AvgIpc) is 2.67. The van der Waals surface area contributed by atoms with Crippen molar-refractivity contribution in [2.75, 3.05) is 0 Å². The van der Waals surface area contributed by atoms with Crippen LogP contribution in [0.3, 0.4) is 0 Å². The lowest BCUT2D eigenvalue weighted by atomic mass is 9.86. The number of para-hydroxylation sites is 1. The second kappa shape index (κ2) is 3.27. The Morgan fingerprint density at radius 3 is 3.00 bits per heavy atom. The minimum Gasteiger partial charge on any atom is -0.485 e. The van der Waals surface area contributed by atoms with Gasteiger partial charge in [-0.1, -0.05) is 43.4 Å². The van der Waals surface area contributed by atoms with Crippen molar-refractivity contribution in [2.45, 2.75) is 25.4 Å². The lowest BCUT2D eigenvalue weighted by molar-refractivity contribution is 0.251. The fraction of sp³-hybridized carbons (Fsp3) is 0.286. The molecular formula is C14H14O. The number of fused-ring (bicyclic) bond motifs is 3. The maximum Gasteiger partial charge on any atom is 0.130 e. The van der Waals surface area contributed by atoms with Crippen molar-refractivity contribution in [3.63, 3.8) is 0 Å². The number of hydrogen-bond donors (Lipinski definition) is 0. The molecule has 1 aliphatic heterocycles. The summed E-state index contributed by atoms with van der Waals surface area (Å²) in [5.41, 5.74) is 2.73.